The van der Waals surface area contributed by atoms with Gasteiger partial charge in [-0.1, -0.05) is 0 Å². The van der Waals surface area contributed by atoms with Gasteiger partial charge in [-0.2, -0.15) is 0 Å². The summed E-state index contributed by atoms with van der Waals surface area (Å²) in [6, 6.07) is 0.897. The Hall–Kier alpha value is -1.66. The summed E-state index contributed by atoms with van der Waals surface area (Å²) < 4.78 is 20.8. The van der Waals surface area contributed by atoms with E-state index in [2.05, 4.69) is 4.52 Å². The van der Waals surface area contributed by atoms with Crippen molar-refractivity contribution in [1.82, 2.24) is 9.55 Å². The molecule has 0 aromatic carbocycles. The zero-order valence-corrected chi connectivity index (χ0v) is 13.1. The molecule has 0 saturated carbocycles. The van der Waals surface area contributed by atoms with Crippen LogP contribution in [0.2, 0.25) is 0 Å². The Balaban J connectivity index is 2.46. The van der Waals surface area contributed by atoms with E-state index in [-0.39, 0.29) is 0 Å². The maximum atomic E-state index is 12.1. The molecule has 1 saturated heterocycles. The SMILES string of the molecule is CC(=O)[C@@]1(n2ccc(=O)[nH]c2=O)O[C@H](COP(=O)(O)O)[C@@H](O)[C@H]1O. The third kappa shape index (κ3) is 3.26. The largest absolute Gasteiger partial charge is 0.469 e. The topological polar surface area (TPSA) is 188 Å². The summed E-state index contributed by atoms with van der Waals surface area (Å²) in [5, 5.41) is 20.2. The highest BCUT2D eigenvalue weighted by atomic mass is 31.2. The van der Waals surface area contributed by atoms with Gasteiger partial charge in [0.05, 0.1) is 6.61 Å². The minimum absolute atomic E-state index is 0.585. The van der Waals surface area contributed by atoms with Crippen molar-refractivity contribution in [3.05, 3.63) is 33.1 Å². The number of carbonyl (C=O) groups excluding carboxylic acids is 1. The maximum Gasteiger partial charge on any atom is 0.469 e. The number of ketones is 1. The number of nitrogens with one attached hydrogen (secondary N) is 1. The summed E-state index contributed by atoms with van der Waals surface area (Å²) in [5.74, 6) is -0.887. The smallest absolute Gasteiger partial charge is 0.387 e. The number of H-pyrrole nitrogens is 1. The van der Waals surface area contributed by atoms with Crippen LogP contribution in [0.1, 0.15) is 6.92 Å². The molecule has 24 heavy (non-hydrogen) atoms. The number of hydrogen-bond acceptors (Lipinski definition) is 8. The maximum absolute atomic E-state index is 12.1. The van der Waals surface area contributed by atoms with Crippen molar-refractivity contribution in [2.75, 3.05) is 6.61 Å². The van der Waals surface area contributed by atoms with Gasteiger partial charge in [-0.05, 0) is 6.92 Å². The van der Waals surface area contributed by atoms with Crippen molar-refractivity contribution < 1.29 is 38.6 Å². The summed E-state index contributed by atoms with van der Waals surface area (Å²) in [6.07, 6.45) is -4.37. The molecule has 5 N–H and O–H groups in total. The Morgan fingerprint density at radius 2 is 2.08 bits per heavy atom. The van der Waals surface area contributed by atoms with Gasteiger partial charge in [-0.3, -0.25) is 23.7 Å². The van der Waals surface area contributed by atoms with Gasteiger partial charge in [0.25, 0.3) is 5.56 Å². The van der Waals surface area contributed by atoms with Crippen LogP contribution in [0.4, 0.5) is 0 Å². The average Bonchev–Trinajstić information content (AvgIpc) is 2.70. The number of phosphoric ester groups is 1. The van der Waals surface area contributed by atoms with Crippen LogP contribution in [0.3, 0.4) is 0 Å². The molecule has 12 nitrogen and oxygen atoms in total. The summed E-state index contributed by atoms with van der Waals surface area (Å²) in [5.41, 5.74) is -4.23. The molecule has 1 aliphatic heterocycles. The fourth-order valence-corrected chi connectivity index (χ4v) is 2.79. The second kappa shape index (κ2) is 6.33. The first-order valence-corrected chi connectivity index (χ1v) is 8.09. The van der Waals surface area contributed by atoms with Crippen LogP contribution in [0.15, 0.2) is 21.9 Å². The number of Topliss-reactive ketones (excluding diaryl/α,β-unsaturated/α-hetero) is 1. The Morgan fingerprint density at radius 1 is 1.46 bits per heavy atom. The third-order valence-corrected chi connectivity index (χ3v) is 4.01. The van der Waals surface area contributed by atoms with Gasteiger partial charge in [-0.25, -0.2) is 9.36 Å². The average molecular weight is 366 g/mol. The van der Waals surface area contributed by atoms with E-state index in [0.29, 0.717) is 4.57 Å². The normalized spacial score (nSPS) is 30.5. The quantitative estimate of drug-likeness (QED) is 0.336. The molecule has 1 aromatic heterocycles. The van der Waals surface area contributed by atoms with E-state index in [0.717, 1.165) is 19.2 Å². The van der Waals surface area contributed by atoms with Gasteiger partial charge in [0.15, 0.2) is 5.78 Å². The minimum Gasteiger partial charge on any atom is -0.387 e. The fraction of sp³-hybridized carbons (Fsp3) is 0.545. The van der Waals surface area contributed by atoms with Gasteiger partial charge in [0.2, 0.25) is 5.72 Å². The highest BCUT2D eigenvalue weighted by molar-refractivity contribution is 7.46. The second-order valence-corrected chi connectivity index (χ2v) is 6.35. The number of rotatable bonds is 5. The molecule has 0 bridgehead atoms. The molecule has 0 amide bonds. The van der Waals surface area contributed by atoms with Crippen LogP contribution in [0.5, 0.6) is 0 Å². The standard InChI is InChI=1S/C11H15N2O10P/c1-5(14)11(13-3-2-7(15)12-10(13)18)9(17)8(16)6(23-11)4-22-24(19,20)21/h2-3,6,8-9,16-17H,4H2,1H3,(H,12,15,18)(H2,19,20,21)/t6-,8-,9-,11-/m1/s1. The Kier molecular flexibility index (Phi) is 4.93. The molecular formula is C11H15N2O10P. The molecule has 1 fully saturated rings. The predicted molar refractivity (Wildman–Crippen MR) is 74.9 cm³/mol. The van der Waals surface area contributed by atoms with Gasteiger partial charge in [0, 0.05) is 12.3 Å². The van der Waals surface area contributed by atoms with E-state index >= 15 is 0 Å². The van der Waals surface area contributed by atoms with Crippen LogP contribution in [-0.4, -0.2) is 60.3 Å². The first-order valence-electron chi connectivity index (χ1n) is 6.56. The highest BCUT2D eigenvalue weighted by Crippen LogP contribution is 2.40. The van der Waals surface area contributed by atoms with Crippen LogP contribution < -0.4 is 11.2 Å². The van der Waals surface area contributed by atoms with E-state index in [1.807, 2.05) is 4.98 Å². The second-order valence-electron chi connectivity index (χ2n) is 5.11. The van der Waals surface area contributed by atoms with Crippen molar-refractivity contribution in [1.29, 1.82) is 0 Å². The Labute approximate surface area is 133 Å². The van der Waals surface area contributed by atoms with E-state index in [4.69, 9.17) is 14.5 Å². The lowest BCUT2D eigenvalue weighted by molar-refractivity contribution is -0.173. The molecule has 0 spiro atoms. The molecule has 134 valence electrons. The monoisotopic (exact) mass is 366 g/mol. The minimum atomic E-state index is -4.89. The summed E-state index contributed by atoms with van der Waals surface area (Å²) in [7, 11) is -4.89. The molecule has 0 aliphatic carbocycles. The lowest BCUT2D eigenvalue weighted by atomic mass is 9.99. The number of aromatic nitrogens is 2. The number of nitrogens with zero attached hydrogens (tertiary/aromatic N) is 1. The Morgan fingerprint density at radius 3 is 2.58 bits per heavy atom. The van der Waals surface area contributed by atoms with Crippen molar-refractivity contribution in [3.63, 3.8) is 0 Å². The molecule has 0 unspecified atom stereocenters. The van der Waals surface area contributed by atoms with Crippen LogP contribution in [0.25, 0.3) is 0 Å². The number of aliphatic hydroxyl groups is 2. The van der Waals surface area contributed by atoms with Gasteiger partial charge in [0.1, 0.15) is 18.3 Å². The third-order valence-electron chi connectivity index (χ3n) is 3.53. The van der Waals surface area contributed by atoms with E-state index in [9.17, 15) is 29.2 Å². The summed E-state index contributed by atoms with van der Waals surface area (Å²) in [6.45, 7) is 0.120. The molecule has 1 aromatic rings. The van der Waals surface area contributed by atoms with Gasteiger partial charge >= 0.3 is 13.5 Å². The van der Waals surface area contributed by atoms with Crippen LogP contribution >= 0.6 is 7.82 Å². The zero-order chi connectivity index (χ0) is 18.3. The first kappa shape index (κ1) is 18.7. The highest BCUT2D eigenvalue weighted by Gasteiger charge is 2.59. The zero-order valence-electron chi connectivity index (χ0n) is 12.2. The molecular weight excluding hydrogens is 351 g/mol. The lowest BCUT2D eigenvalue weighted by Gasteiger charge is -2.30. The van der Waals surface area contributed by atoms with Crippen LogP contribution in [-0.2, 0) is 24.3 Å². The number of carbonyl (C=O) groups is 1. The number of aliphatic hydroxyl groups excluding tert-OH is 2. The fourth-order valence-electron chi connectivity index (χ4n) is 2.45. The summed E-state index contributed by atoms with van der Waals surface area (Å²) >= 11 is 0. The first-order chi connectivity index (χ1) is 11.0. The molecule has 2 rings (SSSR count). The van der Waals surface area contributed by atoms with Crippen molar-refractivity contribution >= 4 is 13.6 Å². The van der Waals surface area contributed by atoms with Crippen LogP contribution in [0, 0.1) is 0 Å². The van der Waals surface area contributed by atoms with E-state index in [1.165, 1.54) is 0 Å². The lowest BCUT2D eigenvalue weighted by Crippen LogP contribution is -2.55. The molecule has 1 aliphatic rings. The van der Waals surface area contributed by atoms with E-state index < -0.39 is 55.5 Å². The van der Waals surface area contributed by atoms with Crippen molar-refractivity contribution in [2.24, 2.45) is 0 Å². The molecule has 2 heterocycles. The van der Waals surface area contributed by atoms with Gasteiger partial charge in [-0.15, -0.1) is 0 Å². The number of phosphoric acid groups is 1. The predicted octanol–water partition coefficient (Wildman–Crippen LogP) is -2.99. The number of hydrogen-bond donors (Lipinski definition) is 5. The molecule has 13 heteroatoms. The van der Waals surface area contributed by atoms with Crippen molar-refractivity contribution in [2.45, 2.75) is 31.0 Å². The molecule has 0 radical (unpaired) electrons. The number of ether oxygens (including phenoxy) is 1. The van der Waals surface area contributed by atoms with Crippen molar-refractivity contribution in [3.8, 4) is 0 Å². The van der Waals surface area contributed by atoms with E-state index in [1.54, 1.807) is 0 Å². The summed E-state index contributed by atoms with van der Waals surface area (Å²) in [4.78, 5) is 54.4. The van der Waals surface area contributed by atoms with Gasteiger partial charge < -0.3 is 24.7 Å². The number of aromatic amines is 1. The Bertz CT molecular complexity index is 796. The molecule has 4 atom stereocenters.